The maximum absolute atomic E-state index is 11.7. The highest BCUT2D eigenvalue weighted by atomic mass is 32.2. The Balaban J connectivity index is 2.15. The molecule has 0 saturated carbocycles. The largest absolute Gasteiger partial charge is 0.291 e. The van der Waals surface area contributed by atoms with Crippen molar-refractivity contribution in [1.82, 2.24) is 4.90 Å². The summed E-state index contributed by atoms with van der Waals surface area (Å²) in [7, 11) is -2.84. The molecule has 1 atom stereocenters. The Hall–Kier alpha value is -1.13. The second kappa shape index (κ2) is 6.10. The van der Waals surface area contributed by atoms with E-state index in [-0.39, 0.29) is 11.8 Å². The lowest BCUT2D eigenvalue weighted by molar-refractivity contribution is 0.226. The van der Waals surface area contributed by atoms with Crippen molar-refractivity contribution in [3.63, 3.8) is 0 Å². The molecule has 4 heteroatoms. The van der Waals surface area contributed by atoms with Crippen molar-refractivity contribution < 1.29 is 8.42 Å². The van der Waals surface area contributed by atoms with Gasteiger partial charge in [-0.2, -0.15) is 0 Å². The van der Waals surface area contributed by atoms with Gasteiger partial charge in [-0.05, 0) is 25.8 Å². The van der Waals surface area contributed by atoms with Crippen molar-refractivity contribution in [3.8, 4) is 0 Å². The molecule has 0 spiro atoms. The summed E-state index contributed by atoms with van der Waals surface area (Å²) in [6.07, 6.45) is 2.59. The number of aryl methyl sites for hydroxylation is 2. The summed E-state index contributed by atoms with van der Waals surface area (Å²) in [6, 6.07) is 6.62. The zero-order valence-corrected chi connectivity index (χ0v) is 13.1. The molecule has 1 aromatic rings. The van der Waals surface area contributed by atoms with E-state index in [1.165, 1.54) is 16.7 Å². The van der Waals surface area contributed by atoms with Crippen LogP contribution in [0, 0.1) is 13.8 Å². The molecule has 110 valence electrons. The molecule has 0 aromatic heterocycles. The summed E-state index contributed by atoms with van der Waals surface area (Å²) in [4.78, 5) is 2.23. The second-order valence-electron chi connectivity index (χ2n) is 5.77. The van der Waals surface area contributed by atoms with Gasteiger partial charge in [-0.1, -0.05) is 35.4 Å². The van der Waals surface area contributed by atoms with Gasteiger partial charge in [0, 0.05) is 19.1 Å². The number of hydrogen-bond acceptors (Lipinski definition) is 3. The number of sulfone groups is 1. The van der Waals surface area contributed by atoms with Crippen LogP contribution in [0.15, 0.2) is 30.9 Å². The maximum Gasteiger partial charge on any atom is 0.151 e. The molecule has 0 N–H and O–H groups in total. The third kappa shape index (κ3) is 3.93. The Bertz CT molecular complexity index is 572. The van der Waals surface area contributed by atoms with E-state index in [9.17, 15) is 8.42 Å². The highest BCUT2D eigenvalue weighted by molar-refractivity contribution is 7.91. The molecule has 1 saturated heterocycles. The van der Waals surface area contributed by atoms with Gasteiger partial charge in [0.1, 0.15) is 0 Å². The van der Waals surface area contributed by atoms with Crippen LogP contribution >= 0.6 is 0 Å². The summed E-state index contributed by atoms with van der Waals surface area (Å²) in [5, 5.41) is 0. The van der Waals surface area contributed by atoms with E-state index in [2.05, 4.69) is 43.5 Å². The molecule has 1 aliphatic rings. The molecule has 20 heavy (non-hydrogen) atoms. The molecule has 2 rings (SSSR count). The molecule has 0 amide bonds. The first-order valence-electron chi connectivity index (χ1n) is 7.02. The molecule has 3 nitrogen and oxygen atoms in total. The van der Waals surface area contributed by atoms with Gasteiger partial charge < -0.3 is 0 Å². The van der Waals surface area contributed by atoms with Gasteiger partial charge in [0.25, 0.3) is 0 Å². The number of nitrogens with zero attached hydrogens (tertiary/aromatic N) is 1. The fourth-order valence-corrected chi connectivity index (χ4v) is 4.73. The predicted octanol–water partition coefficient (Wildman–Crippen LogP) is 2.48. The van der Waals surface area contributed by atoms with Crippen LogP contribution in [0.4, 0.5) is 0 Å². The molecule has 1 aliphatic heterocycles. The van der Waals surface area contributed by atoms with Gasteiger partial charge in [0.2, 0.25) is 0 Å². The van der Waals surface area contributed by atoms with Crippen LogP contribution < -0.4 is 0 Å². The van der Waals surface area contributed by atoms with Gasteiger partial charge in [0.15, 0.2) is 9.84 Å². The summed E-state index contributed by atoms with van der Waals surface area (Å²) in [6.45, 7) is 9.49. The molecule has 1 heterocycles. The van der Waals surface area contributed by atoms with E-state index in [1.54, 1.807) is 0 Å². The molecule has 0 bridgehead atoms. The molecule has 0 radical (unpaired) electrons. The minimum absolute atomic E-state index is 0.124. The zero-order chi connectivity index (χ0) is 14.8. The Morgan fingerprint density at radius 2 is 1.95 bits per heavy atom. The van der Waals surface area contributed by atoms with Crippen molar-refractivity contribution in [2.45, 2.75) is 32.9 Å². The van der Waals surface area contributed by atoms with Gasteiger partial charge in [-0.15, -0.1) is 6.58 Å². The Labute approximate surface area is 122 Å². The first-order valence-corrected chi connectivity index (χ1v) is 8.84. The fourth-order valence-electron chi connectivity index (χ4n) is 2.97. The van der Waals surface area contributed by atoms with Crippen molar-refractivity contribution in [2.24, 2.45) is 0 Å². The van der Waals surface area contributed by atoms with Crippen LogP contribution in [0.3, 0.4) is 0 Å². The normalized spacial score (nSPS) is 21.2. The van der Waals surface area contributed by atoms with Crippen LogP contribution in [0.25, 0.3) is 0 Å². The molecule has 0 aliphatic carbocycles. The first-order chi connectivity index (χ1) is 9.39. The lowest BCUT2D eigenvalue weighted by Gasteiger charge is -2.27. The van der Waals surface area contributed by atoms with Crippen molar-refractivity contribution >= 4 is 9.84 Å². The Morgan fingerprint density at radius 1 is 1.30 bits per heavy atom. The standard InChI is InChI=1S/C16H23NO2S/c1-4-6-17(16-5-7-20(18,19)12-16)11-15-9-13(2)8-14(3)10-15/h4,8-10,16H,1,5-7,11-12H2,2-3H3/t16-/m0/s1. The van der Waals surface area contributed by atoms with E-state index in [4.69, 9.17) is 0 Å². The SMILES string of the molecule is C=CCN(Cc1cc(C)cc(C)c1)[C@H]1CCS(=O)(=O)C1. The molecular weight excluding hydrogens is 270 g/mol. The van der Waals surface area contributed by atoms with E-state index in [0.717, 1.165) is 19.5 Å². The minimum atomic E-state index is -2.84. The van der Waals surface area contributed by atoms with Crippen molar-refractivity contribution in [3.05, 3.63) is 47.5 Å². The van der Waals surface area contributed by atoms with E-state index in [1.807, 2.05) is 6.08 Å². The number of hydrogen-bond donors (Lipinski definition) is 0. The van der Waals surface area contributed by atoms with Gasteiger partial charge >= 0.3 is 0 Å². The van der Waals surface area contributed by atoms with E-state index in [0.29, 0.717) is 5.75 Å². The quantitative estimate of drug-likeness (QED) is 0.783. The van der Waals surface area contributed by atoms with Crippen molar-refractivity contribution in [1.29, 1.82) is 0 Å². The van der Waals surface area contributed by atoms with Crippen LogP contribution in [0.2, 0.25) is 0 Å². The van der Waals surface area contributed by atoms with Gasteiger partial charge in [0.05, 0.1) is 11.5 Å². The topological polar surface area (TPSA) is 37.4 Å². The zero-order valence-electron chi connectivity index (χ0n) is 12.3. The smallest absolute Gasteiger partial charge is 0.151 e. The highest BCUT2D eigenvalue weighted by Crippen LogP contribution is 2.20. The Kier molecular flexibility index (Phi) is 4.66. The lowest BCUT2D eigenvalue weighted by Crippen LogP contribution is -2.35. The van der Waals surface area contributed by atoms with E-state index < -0.39 is 9.84 Å². The average Bonchev–Trinajstić information content (AvgIpc) is 2.68. The number of rotatable bonds is 5. The fraction of sp³-hybridized carbons (Fsp3) is 0.500. The second-order valence-corrected chi connectivity index (χ2v) is 8.00. The summed E-state index contributed by atoms with van der Waals surface area (Å²) < 4.78 is 23.3. The Morgan fingerprint density at radius 3 is 2.45 bits per heavy atom. The molecule has 1 fully saturated rings. The predicted molar refractivity (Wildman–Crippen MR) is 83.6 cm³/mol. The molecular formula is C16H23NO2S. The lowest BCUT2D eigenvalue weighted by atomic mass is 10.1. The summed E-state index contributed by atoms with van der Waals surface area (Å²) in [5.41, 5.74) is 3.74. The summed E-state index contributed by atoms with van der Waals surface area (Å²) >= 11 is 0. The van der Waals surface area contributed by atoms with Crippen LogP contribution in [0.1, 0.15) is 23.1 Å². The monoisotopic (exact) mass is 293 g/mol. The van der Waals surface area contributed by atoms with Gasteiger partial charge in [-0.3, -0.25) is 4.90 Å². The van der Waals surface area contributed by atoms with Crippen LogP contribution in [-0.2, 0) is 16.4 Å². The molecule has 0 unspecified atom stereocenters. The number of benzene rings is 1. The van der Waals surface area contributed by atoms with Gasteiger partial charge in [-0.25, -0.2) is 8.42 Å². The average molecular weight is 293 g/mol. The molecule has 1 aromatic carbocycles. The maximum atomic E-state index is 11.7. The third-order valence-electron chi connectivity index (χ3n) is 3.76. The van der Waals surface area contributed by atoms with Crippen LogP contribution in [-0.4, -0.2) is 37.4 Å². The van der Waals surface area contributed by atoms with Crippen molar-refractivity contribution in [2.75, 3.05) is 18.1 Å². The highest BCUT2D eigenvalue weighted by Gasteiger charge is 2.31. The summed E-state index contributed by atoms with van der Waals surface area (Å²) in [5.74, 6) is 0.601. The minimum Gasteiger partial charge on any atom is -0.291 e. The van der Waals surface area contributed by atoms with Crippen LogP contribution in [0.5, 0.6) is 0 Å². The third-order valence-corrected chi connectivity index (χ3v) is 5.51. The van der Waals surface area contributed by atoms with E-state index >= 15 is 0 Å². The first kappa shape index (κ1) is 15.3.